The minimum absolute atomic E-state index is 0.191. The Bertz CT molecular complexity index is 185. The first-order valence-electron chi connectivity index (χ1n) is 3.01. The first kappa shape index (κ1) is 8.48. The monoisotopic (exact) mass is 222 g/mol. The Balaban J connectivity index is 2.36. The summed E-state index contributed by atoms with van der Waals surface area (Å²) in [5, 5.41) is 2.65. The van der Waals surface area contributed by atoms with Crippen LogP contribution in [-0.2, 0) is 14.4 Å². The van der Waals surface area contributed by atoms with E-state index in [1.807, 2.05) is 0 Å². The van der Waals surface area contributed by atoms with Gasteiger partial charge >= 0.3 is 0 Å². The van der Waals surface area contributed by atoms with Gasteiger partial charge in [0.2, 0.25) is 5.91 Å². The average molecular weight is 223 g/mol. The maximum absolute atomic E-state index is 10.8. The molecule has 0 aromatic heterocycles. The highest BCUT2D eigenvalue weighted by Crippen LogP contribution is 1.94. The molecule has 0 radical (unpaired) electrons. The zero-order chi connectivity index (χ0) is 8.27. The lowest BCUT2D eigenvalue weighted by molar-refractivity contribution is -0.127. The molecule has 0 aromatic rings. The summed E-state index contributed by atoms with van der Waals surface area (Å²) >= 11 is 2.96. The van der Waals surface area contributed by atoms with Crippen LogP contribution >= 0.6 is 15.9 Å². The first-order chi connectivity index (χ1) is 5.24. The molecule has 1 aliphatic rings. The average Bonchev–Trinajstić information content (AvgIpc) is 2.37. The molecule has 1 heterocycles. The Morgan fingerprint density at radius 3 is 3.09 bits per heavy atom. The summed E-state index contributed by atoms with van der Waals surface area (Å²) in [4.78, 5) is 26.1. The molecule has 2 amide bonds. The summed E-state index contributed by atoms with van der Waals surface area (Å²) in [5.74, 6) is -0.532. The highest BCUT2D eigenvalue weighted by atomic mass is 79.9. The molecule has 0 aromatic carbocycles. The van der Waals surface area contributed by atoms with E-state index in [-0.39, 0.29) is 23.8 Å². The number of rotatable bonds is 2. The van der Waals surface area contributed by atoms with Crippen LogP contribution in [0.25, 0.3) is 0 Å². The van der Waals surface area contributed by atoms with Gasteiger partial charge in [-0.2, -0.15) is 0 Å². The molecule has 1 rings (SSSR count). The quantitative estimate of drug-likeness (QED) is 0.585. The van der Waals surface area contributed by atoms with E-state index in [1.165, 1.54) is 0 Å². The Morgan fingerprint density at radius 1 is 1.91 bits per heavy atom. The summed E-state index contributed by atoms with van der Waals surface area (Å²) in [6.45, 7) is 0.192. The third-order valence-electron chi connectivity index (χ3n) is 1.20. The maximum atomic E-state index is 10.8. The predicted molar refractivity (Wildman–Crippen MR) is 39.8 cm³/mol. The molecule has 62 valence electrons. The number of hydroxylamine groups is 1. The fourth-order valence-electron chi connectivity index (χ4n) is 0.683. The van der Waals surface area contributed by atoms with E-state index in [0.717, 1.165) is 0 Å². The number of amides is 2. The van der Waals surface area contributed by atoms with E-state index >= 15 is 0 Å². The molecule has 1 saturated heterocycles. The van der Waals surface area contributed by atoms with Gasteiger partial charge in [-0.1, -0.05) is 15.9 Å². The van der Waals surface area contributed by atoms with Gasteiger partial charge in [-0.3, -0.25) is 14.4 Å². The molecular formula is C5H7BrN2O3. The van der Waals surface area contributed by atoms with Crippen LogP contribution in [0.1, 0.15) is 0 Å². The molecule has 0 bridgehead atoms. The lowest BCUT2D eigenvalue weighted by Gasteiger charge is -2.04. The normalized spacial score (nSPS) is 23.0. The van der Waals surface area contributed by atoms with Crippen molar-refractivity contribution in [1.29, 1.82) is 0 Å². The van der Waals surface area contributed by atoms with Crippen molar-refractivity contribution in [3.05, 3.63) is 0 Å². The molecule has 0 spiro atoms. The Morgan fingerprint density at radius 2 is 2.64 bits per heavy atom. The number of carbonyl (C=O) groups excluding carboxylic acids is 2. The summed E-state index contributed by atoms with van der Waals surface area (Å²) in [6.07, 6.45) is 0. The lowest BCUT2D eigenvalue weighted by Crippen LogP contribution is -2.42. The zero-order valence-electron chi connectivity index (χ0n) is 5.59. The molecule has 1 aliphatic heterocycles. The highest BCUT2D eigenvalue weighted by Gasteiger charge is 2.26. The molecule has 2 N–H and O–H groups in total. The van der Waals surface area contributed by atoms with Crippen LogP contribution in [0.15, 0.2) is 0 Å². The third-order valence-corrected chi connectivity index (χ3v) is 1.71. The minimum atomic E-state index is -0.542. The summed E-state index contributed by atoms with van der Waals surface area (Å²) in [7, 11) is 0. The number of alkyl halides is 1. The van der Waals surface area contributed by atoms with Gasteiger partial charge in [-0.15, -0.1) is 0 Å². The van der Waals surface area contributed by atoms with Gasteiger partial charge in [0.05, 0.1) is 5.33 Å². The zero-order valence-corrected chi connectivity index (χ0v) is 7.18. The summed E-state index contributed by atoms with van der Waals surface area (Å²) in [6, 6.07) is -0.542. The van der Waals surface area contributed by atoms with Crippen LogP contribution in [0.2, 0.25) is 0 Å². The van der Waals surface area contributed by atoms with E-state index in [2.05, 4.69) is 31.6 Å². The second-order valence-corrected chi connectivity index (χ2v) is 2.59. The molecule has 0 unspecified atom stereocenters. The number of halogens is 1. The maximum Gasteiger partial charge on any atom is 0.268 e. The molecule has 11 heavy (non-hydrogen) atoms. The van der Waals surface area contributed by atoms with Crippen molar-refractivity contribution in [3.63, 3.8) is 0 Å². The standard InChI is InChI=1S/C5H7BrN2O3/c6-1-4(9)7-3-2-11-8-5(3)10/h3H,1-2H2,(H,7,9)(H,8,10)/t3-/m1/s1. The number of nitrogens with one attached hydrogen (secondary N) is 2. The van der Waals surface area contributed by atoms with Crippen LogP contribution in [0.5, 0.6) is 0 Å². The summed E-state index contributed by atoms with van der Waals surface area (Å²) < 4.78 is 0. The number of hydrogen-bond acceptors (Lipinski definition) is 3. The largest absolute Gasteiger partial charge is 0.341 e. The first-order valence-corrected chi connectivity index (χ1v) is 4.13. The predicted octanol–water partition coefficient (Wildman–Crippen LogP) is -1.07. The second kappa shape index (κ2) is 3.68. The Kier molecular flexibility index (Phi) is 2.84. The Labute approximate surface area is 71.6 Å². The van der Waals surface area contributed by atoms with Crippen LogP contribution in [0.3, 0.4) is 0 Å². The molecule has 0 saturated carbocycles. The van der Waals surface area contributed by atoms with Crippen molar-refractivity contribution in [2.75, 3.05) is 11.9 Å². The molecule has 1 atom stereocenters. The highest BCUT2D eigenvalue weighted by molar-refractivity contribution is 9.09. The molecule has 1 fully saturated rings. The number of hydrogen-bond donors (Lipinski definition) is 2. The van der Waals surface area contributed by atoms with Crippen molar-refractivity contribution >= 4 is 27.7 Å². The molecule has 6 heteroatoms. The van der Waals surface area contributed by atoms with Crippen molar-refractivity contribution in [2.24, 2.45) is 0 Å². The van der Waals surface area contributed by atoms with Gasteiger partial charge in [0, 0.05) is 0 Å². The fraction of sp³-hybridized carbons (Fsp3) is 0.600. The van der Waals surface area contributed by atoms with Crippen molar-refractivity contribution in [3.8, 4) is 0 Å². The minimum Gasteiger partial charge on any atom is -0.341 e. The van der Waals surface area contributed by atoms with E-state index in [1.54, 1.807) is 0 Å². The lowest BCUT2D eigenvalue weighted by atomic mass is 10.3. The van der Waals surface area contributed by atoms with Gasteiger partial charge in [0.25, 0.3) is 5.91 Å². The van der Waals surface area contributed by atoms with Gasteiger partial charge in [0.1, 0.15) is 12.6 Å². The second-order valence-electron chi connectivity index (χ2n) is 2.03. The van der Waals surface area contributed by atoms with Crippen LogP contribution < -0.4 is 10.8 Å². The molecule has 5 nitrogen and oxygen atoms in total. The van der Waals surface area contributed by atoms with Crippen LogP contribution in [0.4, 0.5) is 0 Å². The van der Waals surface area contributed by atoms with Crippen molar-refractivity contribution in [2.45, 2.75) is 6.04 Å². The fourth-order valence-corrected chi connectivity index (χ4v) is 0.845. The van der Waals surface area contributed by atoms with Gasteiger partial charge in [-0.05, 0) is 0 Å². The van der Waals surface area contributed by atoms with Crippen molar-refractivity contribution < 1.29 is 14.4 Å². The van der Waals surface area contributed by atoms with Crippen molar-refractivity contribution in [1.82, 2.24) is 10.8 Å². The molecule has 0 aliphatic carbocycles. The van der Waals surface area contributed by atoms with Gasteiger partial charge < -0.3 is 5.32 Å². The van der Waals surface area contributed by atoms with Gasteiger partial charge in [-0.25, -0.2) is 5.48 Å². The number of carbonyl (C=O) groups is 2. The Hall–Kier alpha value is -0.620. The van der Waals surface area contributed by atoms with E-state index < -0.39 is 6.04 Å². The smallest absolute Gasteiger partial charge is 0.268 e. The van der Waals surface area contributed by atoms with E-state index in [9.17, 15) is 9.59 Å². The summed E-state index contributed by atoms with van der Waals surface area (Å²) in [5.41, 5.74) is 2.13. The van der Waals surface area contributed by atoms with Gasteiger partial charge in [0.15, 0.2) is 0 Å². The van der Waals surface area contributed by atoms with E-state index in [4.69, 9.17) is 0 Å². The topological polar surface area (TPSA) is 67.4 Å². The SMILES string of the molecule is O=C(CBr)N[C@@H]1CONC1=O. The van der Waals surface area contributed by atoms with Crippen LogP contribution in [-0.4, -0.2) is 29.8 Å². The van der Waals surface area contributed by atoms with Crippen LogP contribution in [0, 0.1) is 0 Å². The molecular weight excluding hydrogens is 216 g/mol. The third kappa shape index (κ3) is 2.16. The van der Waals surface area contributed by atoms with E-state index in [0.29, 0.717) is 0 Å².